The minimum Gasteiger partial charge on any atom is -0.364 e. The molecule has 0 aromatic carbocycles. The summed E-state index contributed by atoms with van der Waals surface area (Å²) in [6, 6.07) is 0. The van der Waals surface area contributed by atoms with Crippen LogP contribution in [0.25, 0.3) is 0 Å². The molecule has 0 aliphatic rings. The number of hydrogen-bond acceptors (Lipinski definition) is 2. The van der Waals surface area contributed by atoms with Crippen LogP contribution in [0.15, 0.2) is 17.0 Å². The van der Waals surface area contributed by atoms with Gasteiger partial charge in [0.05, 0.1) is 6.20 Å². The highest BCUT2D eigenvalue weighted by Crippen LogP contribution is 2.35. The molecular weight excluding hydrogens is 234 g/mol. The SMILES string of the molecule is CCCCCCC(C)(CCCCCC)c1cnoc1. The lowest BCUT2D eigenvalue weighted by molar-refractivity contribution is 0.358. The minimum atomic E-state index is 0.265. The van der Waals surface area contributed by atoms with Gasteiger partial charge in [-0.25, -0.2) is 0 Å². The molecule has 19 heavy (non-hydrogen) atoms. The van der Waals surface area contributed by atoms with Crippen molar-refractivity contribution in [3.63, 3.8) is 0 Å². The maximum Gasteiger partial charge on any atom is 0.127 e. The minimum absolute atomic E-state index is 0.265. The van der Waals surface area contributed by atoms with E-state index in [0.717, 1.165) is 0 Å². The molecule has 0 amide bonds. The average Bonchev–Trinajstić information content (AvgIpc) is 2.95. The van der Waals surface area contributed by atoms with E-state index in [2.05, 4.69) is 25.9 Å². The molecule has 0 aliphatic heterocycles. The molecule has 0 aliphatic carbocycles. The molecule has 0 saturated heterocycles. The van der Waals surface area contributed by atoms with Crippen LogP contribution in [0.2, 0.25) is 0 Å². The molecule has 0 fully saturated rings. The third-order valence-electron chi connectivity index (χ3n) is 4.29. The van der Waals surface area contributed by atoms with E-state index in [9.17, 15) is 0 Å². The zero-order chi connectivity index (χ0) is 14.0. The van der Waals surface area contributed by atoms with Crippen LogP contribution in [0.1, 0.15) is 90.5 Å². The molecule has 0 N–H and O–H groups in total. The first-order valence-corrected chi connectivity index (χ1v) is 8.13. The van der Waals surface area contributed by atoms with Crippen molar-refractivity contribution >= 4 is 0 Å². The molecule has 0 atom stereocenters. The average molecular weight is 265 g/mol. The van der Waals surface area contributed by atoms with Crippen LogP contribution < -0.4 is 0 Å². The number of unbranched alkanes of at least 4 members (excludes halogenated alkanes) is 6. The number of hydrogen-bond donors (Lipinski definition) is 0. The molecule has 1 rings (SSSR count). The molecule has 2 nitrogen and oxygen atoms in total. The third kappa shape index (κ3) is 5.80. The molecule has 0 radical (unpaired) electrons. The standard InChI is InChI=1S/C17H31NO/c1-4-6-8-10-12-17(3,13-11-9-7-5-2)16-14-18-19-15-16/h14-15H,4-13H2,1-3H3. The molecule has 0 bridgehead atoms. The topological polar surface area (TPSA) is 26.0 Å². The van der Waals surface area contributed by atoms with Gasteiger partial charge in [-0.05, 0) is 18.3 Å². The van der Waals surface area contributed by atoms with Gasteiger partial charge in [0.2, 0.25) is 0 Å². The summed E-state index contributed by atoms with van der Waals surface area (Å²) in [7, 11) is 0. The Morgan fingerprint density at radius 2 is 1.53 bits per heavy atom. The molecule has 0 spiro atoms. The van der Waals surface area contributed by atoms with Crippen LogP contribution in [0.4, 0.5) is 0 Å². The van der Waals surface area contributed by atoms with Crippen molar-refractivity contribution in [1.29, 1.82) is 0 Å². The van der Waals surface area contributed by atoms with E-state index < -0.39 is 0 Å². The highest BCUT2D eigenvalue weighted by molar-refractivity contribution is 5.16. The normalized spacial score (nSPS) is 11.9. The Hall–Kier alpha value is -0.790. The highest BCUT2D eigenvalue weighted by Gasteiger charge is 2.27. The number of nitrogens with zero attached hydrogens (tertiary/aromatic N) is 1. The van der Waals surface area contributed by atoms with Gasteiger partial charge >= 0.3 is 0 Å². The molecule has 0 saturated carbocycles. The Morgan fingerprint density at radius 3 is 1.95 bits per heavy atom. The van der Waals surface area contributed by atoms with Gasteiger partial charge in [-0.1, -0.05) is 77.3 Å². The second kappa shape index (κ2) is 9.17. The molecule has 110 valence electrons. The smallest absolute Gasteiger partial charge is 0.127 e. The van der Waals surface area contributed by atoms with Crippen LogP contribution in [0, 0.1) is 0 Å². The fourth-order valence-electron chi connectivity index (χ4n) is 2.80. The number of aromatic nitrogens is 1. The van der Waals surface area contributed by atoms with E-state index in [-0.39, 0.29) is 5.41 Å². The van der Waals surface area contributed by atoms with Gasteiger partial charge in [-0.3, -0.25) is 0 Å². The van der Waals surface area contributed by atoms with Gasteiger partial charge in [0, 0.05) is 5.56 Å². The van der Waals surface area contributed by atoms with Crippen molar-refractivity contribution in [3.8, 4) is 0 Å². The highest BCUT2D eigenvalue weighted by atomic mass is 16.5. The Balaban J connectivity index is 2.47. The van der Waals surface area contributed by atoms with Crippen LogP contribution in [-0.2, 0) is 5.41 Å². The zero-order valence-corrected chi connectivity index (χ0v) is 13.1. The summed E-state index contributed by atoms with van der Waals surface area (Å²) in [5, 5.41) is 3.90. The van der Waals surface area contributed by atoms with E-state index >= 15 is 0 Å². The first-order valence-electron chi connectivity index (χ1n) is 8.13. The molecule has 1 aromatic heterocycles. The molecule has 1 aromatic rings. The maximum atomic E-state index is 5.07. The second-order valence-corrected chi connectivity index (χ2v) is 6.10. The van der Waals surface area contributed by atoms with Crippen molar-refractivity contribution in [1.82, 2.24) is 5.16 Å². The second-order valence-electron chi connectivity index (χ2n) is 6.10. The summed E-state index contributed by atoms with van der Waals surface area (Å²) in [6.07, 6.45) is 17.0. The summed E-state index contributed by atoms with van der Waals surface area (Å²) < 4.78 is 5.07. The van der Waals surface area contributed by atoms with E-state index in [1.807, 2.05) is 12.5 Å². The third-order valence-corrected chi connectivity index (χ3v) is 4.29. The predicted molar refractivity (Wildman–Crippen MR) is 81.4 cm³/mol. The Labute approximate surface area is 119 Å². The Morgan fingerprint density at radius 1 is 0.947 bits per heavy atom. The summed E-state index contributed by atoms with van der Waals surface area (Å²) in [6.45, 7) is 6.92. The lowest BCUT2D eigenvalue weighted by Gasteiger charge is -2.28. The first-order chi connectivity index (χ1) is 9.23. The van der Waals surface area contributed by atoms with E-state index in [1.165, 1.54) is 69.8 Å². The zero-order valence-electron chi connectivity index (χ0n) is 13.1. The quantitative estimate of drug-likeness (QED) is 0.467. The van der Waals surface area contributed by atoms with Crippen molar-refractivity contribution in [2.45, 2.75) is 90.4 Å². The van der Waals surface area contributed by atoms with Gasteiger partial charge < -0.3 is 4.52 Å². The van der Waals surface area contributed by atoms with E-state index in [4.69, 9.17) is 4.52 Å². The van der Waals surface area contributed by atoms with Crippen LogP contribution in [-0.4, -0.2) is 5.16 Å². The Bertz CT molecular complexity index is 293. The maximum absolute atomic E-state index is 5.07. The monoisotopic (exact) mass is 265 g/mol. The summed E-state index contributed by atoms with van der Waals surface area (Å²) in [4.78, 5) is 0. The lowest BCUT2D eigenvalue weighted by atomic mass is 9.75. The van der Waals surface area contributed by atoms with Crippen LogP contribution >= 0.6 is 0 Å². The molecular formula is C17H31NO. The molecule has 1 heterocycles. The summed E-state index contributed by atoms with van der Waals surface area (Å²) >= 11 is 0. The van der Waals surface area contributed by atoms with Crippen molar-refractivity contribution < 1.29 is 4.52 Å². The van der Waals surface area contributed by atoms with Crippen molar-refractivity contribution in [2.24, 2.45) is 0 Å². The van der Waals surface area contributed by atoms with Crippen LogP contribution in [0.5, 0.6) is 0 Å². The van der Waals surface area contributed by atoms with Crippen molar-refractivity contribution in [3.05, 3.63) is 18.0 Å². The lowest BCUT2D eigenvalue weighted by Crippen LogP contribution is -2.21. The van der Waals surface area contributed by atoms with E-state index in [0.29, 0.717) is 0 Å². The molecule has 0 unspecified atom stereocenters. The predicted octanol–water partition coefficient (Wildman–Crippen LogP) is 5.87. The van der Waals surface area contributed by atoms with Crippen molar-refractivity contribution in [2.75, 3.05) is 0 Å². The summed E-state index contributed by atoms with van der Waals surface area (Å²) in [5.41, 5.74) is 1.56. The van der Waals surface area contributed by atoms with Crippen LogP contribution in [0.3, 0.4) is 0 Å². The fraction of sp³-hybridized carbons (Fsp3) is 0.824. The van der Waals surface area contributed by atoms with E-state index in [1.54, 1.807) is 0 Å². The summed E-state index contributed by atoms with van der Waals surface area (Å²) in [5.74, 6) is 0. The first kappa shape index (κ1) is 16.3. The number of rotatable bonds is 11. The largest absolute Gasteiger partial charge is 0.364 e. The fourth-order valence-corrected chi connectivity index (χ4v) is 2.80. The van der Waals surface area contributed by atoms with Gasteiger partial charge in [0.25, 0.3) is 0 Å². The molecule has 2 heteroatoms. The van der Waals surface area contributed by atoms with Gasteiger partial charge in [0.1, 0.15) is 6.26 Å². The Kier molecular flexibility index (Phi) is 7.85. The van der Waals surface area contributed by atoms with Gasteiger partial charge in [-0.15, -0.1) is 0 Å². The van der Waals surface area contributed by atoms with Gasteiger partial charge in [-0.2, -0.15) is 0 Å². The van der Waals surface area contributed by atoms with Gasteiger partial charge in [0.15, 0.2) is 0 Å².